The summed E-state index contributed by atoms with van der Waals surface area (Å²) in [6, 6.07) is 23.0. The summed E-state index contributed by atoms with van der Waals surface area (Å²) in [5, 5.41) is 5.50. The van der Waals surface area contributed by atoms with Gasteiger partial charge in [-0.15, -0.1) is 0 Å². The number of hydrogen-bond acceptors (Lipinski definition) is 3. The van der Waals surface area contributed by atoms with Gasteiger partial charge in [-0.1, -0.05) is 66.7 Å². The van der Waals surface area contributed by atoms with Crippen molar-refractivity contribution in [3.8, 4) is 5.75 Å². The minimum Gasteiger partial charge on any atom is -0.494 e. The van der Waals surface area contributed by atoms with Crippen LogP contribution < -0.4 is 15.4 Å². The van der Waals surface area contributed by atoms with Gasteiger partial charge in [-0.25, -0.2) is 4.39 Å². The Bertz CT molecular complexity index is 1010. The van der Waals surface area contributed by atoms with Gasteiger partial charge in [0.2, 0.25) is 0 Å². The number of benzene rings is 3. The summed E-state index contributed by atoms with van der Waals surface area (Å²) in [6.07, 6.45) is 1.36. The zero-order chi connectivity index (χ0) is 22.1. The molecule has 2 amide bonds. The Kier molecular flexibility index (Phi) is 7.54. The van der Waals surface area contributed by atoms with Crippen LogP contribution in [0.1, 0.15) is 16.7 Å². The summed E-state index contributed by atoms with van der Waals surface area (Å²) in [7, 11) is 1.37. The van der Waals surface area contributed by atoms with Crippen molar-refractivity contribution in [2.45, 2.75) is 13.1 Å². The zero-order valence-electron chi connectivity index (χ0n) is 17.1. The molecule has 5 nitrogen and oxygen atoms in total. The van der Waals surface area contributed by atoms with Gasteiger partial charge in [-0.2, -0.15) is 0 Å². The third kappa shape index (κ3) is 6.27. The van der Waals surface area contributed by atoms with Gasteiger partial charge in [0.25, 0.3) is 11.8 Å². The highest BCUT2D eigenvalue weighted by Crippen LogP contribution is 2.19. The Morgan fingerprint density at radius 2 is 1.35 bits per heavy atom. The molecule has 158 valence electrons. The largest absolute Gasteiger partial charge is 0.494 e. The first kappa shape index (κ1) is 21.8. The maximum absolute atomic E-state index is 14.1. The molecule has 0 aliphatic rings. The van der Waals surface area contributed by atoms with Crippen LogP contribution in [0.5, 0.6) is 5.75 Å². The predicted octanol–water partition coefficient (Wildman–Crippen LogP) is 3.85. The fraction of sp³-hybridized carbons (Fsp3) is 0.120. The van der Waals surface area contributed by atoms with Crippen molar-refractivity contribution >= 4 is 17.9 Å². The quantitative estimate of drug-likeness (QED) is 0.332. The molecule has 6 heteroatoms. The Labute approximate surface area is 180 Å². The molecule has 0 fully saturated rings. The van der Waals surface area contributed by atoms with Crippen LogP contribution in [-0.2, 0) is 22.7 Å². The van der Waals surface area contributed by atoms with Crippen LogP contribution in [0.25, 0.3) is 6.08 Å². The summed E-state index contributed by atoms with van der Waals surface area (Å²) in [5.41, 5.74) is 2.06. The van der Waals surface area contributed by atoms with Gasteiger partial charge in [0.1, 0.15) is 5.57 Å². The number of methoxy groups -OCH3 is 1. The summed E-state index contributed by atoms with van der Waals surface area (Å²) < 4.78 is 19.0. The lowest BCUT2D eigenvalue weighted by Crippen LogP contribution is -2.34. The minimum atomic E-state index is -0.579. The molecule has 2 N–H and O–H groups in total. The van der Waals surface area contributed by atoms with Crippen LogP contribution in [0, 0.1) is 5.82 Å². The van der Waals surface area contributed by atoms with Gasteiger partial charge in [0.15, 0.2) is 11.6 Å². The van der Waals surface area contributed by atoms with Crippen molar-refractivity contribution in [3.05, 3.63) is 107 Å². The fourth-order valence-electron chi connectivity index (χ4n) is 2.92. The first-order chi connectivity index (χ1) is 15.1. The first-order valence-electron chi connectivity index (χ1n) is 9.76. The molecular formula is C25H23FN2O3. The van der Waals surface area contributed by atoms with Gasteiger partial charge in [0, 0.05) is 13.1 Å². The van der Waals surface area contributed by atoms with E-state index in [1.807, 2.05) is 60.7 Å². The van der Waals surface area contributed by atoms with Crippen molar-refractivity contribution in [1.29, 1.82) is 0 Å². The van der Waals surface area contributed by atoms with Crippen molar-refractivity contribution < 1.29 is 18.7 Å². The highest BCUT2D eigenvalue weighted by atomic mass is 19.1. The Balaban J connectivity index is 1.80. The maximum atomic E-state index is 14.1. The smallest absolute Gasteiger partial charge is 0.257 e. The van der Waals surface area contributed by atoms with E-state index in [1.165, 1.54) is 25.3 Å². The Morgan fingerprint density at radius 3 is 1.81 bits per heavy atom. The van der Waals surface area contributed by atoms with Crippen LogP contribution in [0.2, 0.25) is 0 Å². The number of rotatable bonds is 8. The predicted molar refractivity (Wildman–Crippen MR) is 118 cm³/mol. The molecule has 31 heavy (non-hydrogen) atoms. The molecule has 0 aliphatic heterocycles. The monoisotopic (exact) mass is 418 g/mol. The molecule has 0 aliphatic carbocycles. The van der Waals surface area contributed by atoms with E-state index in [0.29, 0.717) is 5.56 Å². The molecule has 0 heterocycles. The second-order valence-corrected chi connectivity index (χ2v) is 6.79. The molecule has 0 saturated carbocycles. The first-order valence-corrected chi connectivity index (χ1v) is 9.76. The van der Waals surface area contributed by atoms with E-state index in [-0.39, 0.29) is 24.4 Å². The van der Waals surface area contributed by atoms with Crippen LogP contribution >= 0.6 is 0 Å². The number of carbonyl (C=O) groups excluding carboxylic acids is 2. The Morgan fingerprint density at radius 1 is 0.839 bits per heavy atom. The standard InChI is InChI=1S/C25H23FN2O3/c1-31-23-13-12-20(15-22(23)26)14-21(24(29)27-16-18-8-4-2-5-9-18)25(30)28-17-19-10-6-3-7-11-19/h2-15H,16-17H2,1H3,(H,27,29)(H,28,30). The summed E-state index contributed by atoms with van der Waals surface area (Å²) in [6.45, 7) is 0.528. The highest BCUT2D eigenvalue weighted by Gasteiger charge is 2.18. The van der Waals surface area contributed by atoms with Gasteiger partial charge >= 0.3 is 0 Å². The van der Waals surface area contributed by atoms with E-state index >= 15 is 0 Å². The third-order valence-electron chi connectivity index (χ3n) is 4.57. The molecule has 0 saturated heterocycles. The SMILES string of the molecule is COc1ccc(C=C(C(=O)NCc2ccccc2)C(=O)NCc2ccccc2)cc1F. The number of amides is 2. The highest BCUT2D eigenvalue weighted by molar-refractivity contribution is 6.21. The van der Waals surface area contributed by atoms with Crippen LogP contribution in [0.15, 0.2) is 84.4 Å². The topological polar surface area (TPSA) is 67.4 Å². The molecule has 0 atom stereocenters. The molecular weight excluding hydrogens is 395 g/mol. The van der Waals surface area contributed by atoms with E-state index in [0.717, 1.165) is 11.1 Å². The van der Waals surface area contributed by atoms with Crippen LogP contribution in [0.4, 0.5) is 4.39 Å². The lowest BCUT2D eigenvalue weighted by molar-refractivity contribution is -0.123. The second kappa shape index (κ2) is 10.7. The Hall–Kier alpha value is -3.93. The molecule has 0 bridgehead atoms. The van der Waals surface area contributed by atoms with Crippen molar-refractivity contribution in [2.24, 2.45) is 0 Å². The van der Waals surface area contributed by atoms with Crippen LogP contribution in [0.3, 0.4) is 0 Å². The number of hydrogen-bond donors (Lipinski definition) is 2. The van der Waals surface area contributed by atoms with E-state index < -0.39 is 17.6 Å². The second-order valence-electron chi connectivity index (χ2n) is 6.79. The van der Waals surface area contributed by atoms with Crippen LogP contribution in [-0.4, -0.2) is 18.9 Å². The number of nitrogens with one attached hydrogen (secondary N) is 2. The zero-order valence-corrected chi connectivity index (χ0v) is 17.1. The number of carbonyl (C=O) groups is 2. The molecule has 0 radical (unpaired) electrons. The minimum absolute atomic E-state index is 0.0840. The summed E-state index contributed by atoms with van der Waals surface area (Å²) >= 11 is 0. The normalized spacial score (nSPS) is 10.1. The van der Waals surface area contributed by atoms with E-state index in [4.69, 9.17) is 4.74 Å². The molecule has 0 aromatic heterocycles. The summed E-state index contributed by atoms with van der Waals surface area (Å²) in [5.74, 6) is -1.60. The van der Waals surface area contributed by atoms with E-state index in [9.17, 15) is 14.0 Å². The summed E-state index contributed by atoms with van der Waals surface area (Å²) in [4.78, 5) is 25.6. The van der Waals surface area contributed by atoms with Crippen molar-refractivity contribution in [1.82, 2.24) is 10.6 Å². The molecule has 3 aromatic carbocycles. The molecule has 0 spiro atoms. The van der Waals surface area contributed by atoms with E-state index in [1.54, 1.807) is 6.07 Å². The van der Waals surface area contributed by atoms with Crippen molar-refractivity contribution in [2.75, 3.05) is 7.11 Å². The maximum Gasteiger partial charge on any atom is 0.257 e. The fourth-order valence-corrected chi connectivity index (χ4v) is 2.92. The number of halogens is 1. The average molecular weight is 418 g/mol. The van der Waals surface area contributed by atoms with Gasteiger partial charge in [-0.05, 0) is 34.9 Å². The molecule has 0 unspecified atom stereocenters. The lowest BCUT2D eigenvalue weighted by atomic mass is 10.1. The lowest BCUT2D eigenvalue weighted by Gasteiger charge is -2.11. The van der Waals surface area contributed by atoms with E-state index in [2.05, 4.69) is 10.6 Å². The average Bonchev–Trinajstić information content (AvgIpc) is 2.81. The van der Waals surface area contributed by atoms with Gasteiger partial charge in [-0.3, -0.25) is 9.59 Å². The molecule has 3 aromatic rings. The van der Waals surface area contributed by atoms with Crippen molar-refractivity contribution in [3.63, 3.8) is 0 Å². The molecule has 3 rings (SSSR count). The number of ether oxygens (including phenoxy) is 1. The van der Waals surface area contributed by atoms with Gasteiger partial charge < -0.3 is 15.4 Å². The third-order valence-corrected chi connectivity index (χ3v) is 4.57. The van der Waals surface area contributed by atoms with Gasteiger partial charge in [0.05, 0.1) is 7.11 Å².